The Kier molecular flexibility index (Phi) is 4.05. The first-order valence-electron chi connectivity index (χ1n) is 6.81. The minimum atomic E-state index is -0.180. The lowest BCUT2D eigenvalue weighted by Crippen LogP contribution is -2.40. The Hall–Kier alpha value is -0.610. The molecule has 2 N–H and O–H groups in total. The molecule has 0 aromatic rings. The molecule has 2 rings (SSSR count). The van der Waals surface area contributed by atoms with Crippen LogP contribution in [0.5, 0.6) is 0 Å². The molecule has 4 unspecified atom stereocenters. The minimum Gasteiger partial charge on any atom is -0.393 e. The number of amides is 1. The quantitative estimate of drug-likeness (QED) is 0.757. The second kappa shape index (κ2) is 5.36. The Morgan fingerprint density at radius 2 is 2.24 bits per heavy atom. The fraction of sp³-hybridized carbons (Fsp3) is 0.923. The summed E-state index contributed by atoms with van der Waals surface area (Å²) in [5.41, 5.74) is 0. The van der Waals surface area contributed by atoms with Crippen molar-refractivity contribution in [3.63, 3.8) is 0 Å². The van der Waals surface area contributed by atoms with Crippen LogP contribution >= 0.6 is 0 Å². The molecule has 1 amide bonds. The molecule has 2 aliphatic rings. The van der Waals surface area contributed by atoms with Crippen molar-refractivity contribution < 1.29 is 9.90 Å². The molecule has 4 atom stereocenters. The molecule has 0 radical (unpaired) electrons. The smallest absolute Gasteiger partial charge is 0.236 e. The Morgan fingerprint density at radius 1 is 1.47 bits per heavy atom. The maximum Gasteiger partial charge on any atom is 0.236 e. The molecule has 2 fully saturated rings. The van der Waals surface area contributed by atoms with E-state index in [1.54, 1.807) is 0 Å². The number of hydrogen-bond donors (Lipinski definition) is 2. The molecule has 1 saturated carbocycles. The molecule has 0 spiro atoms. The molecule has 1 aliphatic carbocycles. The normalized spacial score (nSPS) is 33.8. The molecule has 17 heavy (non-hydrogen) atoms. The predicted molar refractivity (Wildman–Crippen MR) is 66.6 cm³/mol. The van der Waals surface area contributed by atoms with Crippen LogP contribution in [0.25, 0.3) is 0 Å². The average Bonchev–Trinajstić information content (AvgIpc) is 2.88. The lowest BCUT2D eigenvalue weighted by Gasteiger charge is -2.20. The number of hydrogen-bond acceptors (Lipinski definition) is 3. The van der Waals surface area contributed by atoms with Crippen LogP contribution in [0.4, 0.5) is 0 Å². The molecule has 1 heterocycles. The largest absolute Gasteiger partial charge is 0.393 e. The Labute approximate surface area is 103 Å². The number of likely N-dealkylation sites (tertiary alicyclic amines) is 1. The number of carbonyl (C=O) groups excluding carboxylic acids is 1. The monoisotopic (exact) mass is 240 g/mol. The first-order chi connectivity index (χ1) is 8.11. The van der Waals surface area contributed by atoms with Gasteiger partial charge >= 0.3 is 0 Å². The van der Waals surface area contributed by atoms with Crippen molar-refractivity contribution >= 4 is 5.91 Å². The minimum absolute atomic E-state index is 0.180. The van der Waals surface area contributed by atoms with Gasteiger partial charge in [-0.2, -0.15) is 0 Å². The summed E-state index contributed by atoms with van der Waals surface area (Å²) in [6.45, 7) is 6.24. The van der Waals surface area contributed by atoms with E-state index in [1.165, 1.54) is 0 Å². The van der Waals surface area contributed by atoms with Gasteiger partial charge in [-0.3, -0.25) is 4.79 Å². The van der Waals surface area contributed by atoms with E-state index in [9.17, 15) is 9.90 Å². The Bertz CT molecular complexity index is 283. The fourth-order valence-corrected chi connectivity index (χ4v) is 2.96. The topological polar surface area (TPSA) is 52.6 Å². The molecule has 4 heteroatoms. The summed E-state index contributed by atoms with van der Waals surface area (Å²) in [4.78, 5) is 13.9. The molecule has 0 bridgehead atoms. The van der Waals surface area contributed by atoms with Crippen molar-refractivity contribution in [1.82, 2.24) is 10.2 Å². The van der Waals surface area contributed by atoms with Crippen LogP contribution in [0.2, 0.25) is 0 Å². The first kappa shape index (κ1) is 12.8. The standard InChI is InChI=1S/C13H24N2O2/c1-3-9(2)14-6-13(17)15-7-10-4-5-12(16)11(10)8-15/h9-12,14,16H,3-8H2,1-2H3. The number of nitrogens with zero attached hydrogens (tertiary/aromatic N) is 1. The zero-order valence-electron chi connectivity index (χ0n) is 10.9. The third-order valence-electron chi connectivity index (χ3n) is 4.39. The van der Waals surface area contributed by atoms with Gasteiger partial charge in [0, 0.05) is 25.0 Å². The summed E-state index contributed by atoms with van der Waals surface area (Å²) in [6.07, 6.45) is 2.86. The molecular formula is C13H24N2O2. The van der Waals surface area contributed by atoms with E-state index >= 15 is 0 Å². The van der Waals surface area contributed by atoms with Crippen molar-refractivity contribution in [2.24, 2.45) is 11.8 Å². The lowest BCUT2D eigenvalue weighted by atomic mass is 10.00. The highest BCUT2D eigenvalue weighted by Gasteiger charge is 2.42. The van der Waals surface area contributed by atoms with Gasteiger partial charge in [0.05, 0.1) is 12.6 Å². The van der Waals surface area contributed by atoms with Gasteiger partial charge < -0.3 is 15.3 Å². The highest BCUT2D eigenvalue weighted by Crippen LogP contribution is 2.37. The van der Waals surface area contributed by atoms with Crippen LogP contribution in [-0.2, 0) is 4.79 Å². The van der Waals surface area contributed by atoms with Gasteiger partial charge in [-0.05, 0) is 32.1 Å². The van der Waals surface area contributed by atoms with Gasteiger partial charge in [-0.15, -0.1) is 0 Å². The van der Waals surface area contributed by atoms with Gasteiger partial charge in [0.25, 0.3) is 0 Å². The van der Waals surface area contributed by atoms with Gasteiger partial charge in [0.15, 0.2) is 0 Å². The maximum absolute atomic E-state index is 12.0. The second-order valence-corrected chi connectivity index (χ2v) is 5.56. The third-order valence-corrected chi connectivity index (χ3v) is 4.39. The van der Waals surface area contributed by atoms with E-state index in [4.69, 9.17) is 0 Å². The van der Waals surface area contributed by atoms with Crippen LogP contribution in [-0.4, -0.2) is 47.7 Å². The number of carbonyl (C=O) groups is 1. The Morgan fingerprint density at radius 3 is 2.88 bits per heavy atom. The lowest BCUT2D eigenvalue weighted by molar-refractivity contribution is -0.129. The second-order valence-electron chi connectivity index (χ2n) is 5.56. The number of rotatable bonds is 4. The number of aliphatic hydroxyl groups is 1. The van der Waals surface area contributed by atoms with Crippen molar-refractivity contribution in [3.8, 4) is 0 Å². The van der Waals surface area contributed by atoms with Gasteiger partial charge in [0.2, 0.25) is 5.91 Å². The van der Waals surface area contributed by atoms with Crippen LogP contribution in [0.3, 0.4) is 0 Å². The fourth-order valence-electron chi connectivity index (χ4n) is 2.96. The molecule has 4 nitrogen and oxygen atoms in total. The molecule has 1 saturated heterocycles. The number of nitrogens with one attached hydrogen (secondary N) is 1. The zero-order valence-corrected chi connectivity index (χ0v) is 10.9. The van der Waals surface area contributed by atoms with E-state index in [0.29, 0.717) is 24.4 Å². The van der Waals surface area contributed by atoms with Gasteiger partial charge in [-0.25, -0.2) is 0 Å². The number of aliphatic hydroxyl groups excluding tert-OH is 1. The van der Waals surface area contributed by atoms with E-state index in [0.717, 1.165) is 32.4 Å². The summed E-state index contributed by atoms with van der Waals surface area (Å²) in [5.74, 6) is 1.06. The third kappa shape index (κ3) is 2.80. The Balaban J connectivity index is 1.78. The highest BCUT2D eigenvalue weighted by atomic mass is 16.3. The summed E-state index contributed by atoms with van der Waals surface area (Å²) in [7, 11) is 0. The summed E-state index contributed by atoms with van der Waals surface area (Å²) >= 11 is 0. The van der Waals surface area contributed by atoms with E-state index in [-0.39, 0.29) is 12.0 Å². The molecule has 98 valence electrons. The van der Waals surface area contributed by atoms with Crippen molar-refractivity contribution in [3.05, 3.63) is 0 Å². The van der Waals surface area contributed by atoms with Gasteiger partial charge in [0.1, 0.15) is 0 Å². The van der Waals surface area contributed by atoms with Crippen LogP contribution in [0.15, 0.2) is 0 Å². The summed E-state index contributed by atoms with van der Waals surface area (Å²) in [5, 5.41) is 13.0. The SMILES string of the molecule is CCC(C)NCC(=O)N1CC2CCC(O)C2C1. The van der Waals surface area contributed by atoms with Crippen molar-refractivity contribution in [1.29, 1.82) is 0 Å². The average molecular weight is 240 g/mol. The van der Waals surface area contributed by atoms with Crippen LogP contribution in [0.1, 0.15) is 33.1 Å². The van der Waals surface area contributed by atoms with Crippen molar-refractivity contribution in [2.45, 2.75) is 45.3 Å². The predicted octanol–water partition coefficient (Wildman–Crippen LogP) is 0.604. The van der Waals surface area contributed by atoms with Crippen LogP contribution in [0, 0.1) is 11.8 Å². The zero-order chi connectivity index (χ0) is 12.4. The van der Waals surface area contributed by atoms with E-state index < -0.39 is 0 Å². The highest BCUT2D eigenvalue weighted by molar-refractivity contribution is 5.78. The van der Waals surface area contributed by atoms with E-state index in [2.05, 4.69) is 19.2 Å². The molecule has 1 aliphatic heterocycles. The van der Waals surface area contributed by atoms with Crippen LogP contribution < -0.4 is 5.32 Å². The van der Waals surface area contributed by atoms with Crippen molar-refractivity contribution in [2.75, 3.05) is 19.6 Å². The van der Waals surface area contributed by atoms with E-state index in [1.807, 2.05) is 4.90 Å². The molecular weight excluding hydrogens is 216 g/mol. The summed E-state index contributed by atoms with van der Waals surface area (Å²) < 4.78 is 0. The first-order valence-corrected chi connectivity index (χ1v) is 6.81. The van der Waals surface area contributed by atoms with Gasteiger partial charge in [-0.1, -0.05) is 6.92 Å². The maximum atomic E-state index is 12.0. The molecule has 0 aromatic heterocycles. The molecule has 0 aromatic carbocycles. The summed E-state index contributed by atoms with van der Waals surface area (Å²) in [6, 6.07) is 0.395. The number of fused-ring (bicyclic) bond motifs is 1.